The monoisotopic (exact) mass is 341 g/mol. The number of hydrogen-bond acceptors (Lipinski definition) is 1. The van der Waals surface area contributed by atoms with Gasteiger partial charge in [0.2, 0.25) is 0 Å². The zero-order chi connectivity index (χ0) is 14.0. The van der Waals surface area contributed by atoms with E-state index in [0.717, 1.165) is 10.0 Å². The lowest BCUT2D eigenvalue weighted by Gasteiger charge is -2.27. The first kappa shape index (κ1) is 14.5. The molecule has 2 aromatic carbocycles. The predicted molar refractivity (Wildman–Crippen MR) is 80.8 cm³/mol. The summed E-state index contributed by atoms with van der Waals surface area (Å²) < 4.78 is 14.8. The van der Waals surface area contributed by atoms with Crippen LogP contribution in [0.3, 0.4) is 0 Å². The van der Waals surface area contributed by atoms with Gasteiger partial charge in [0.1, 0.15) is 5.82 Å². The molecule has 0 fully saturated rings. The highest BCUT2D eigenvalue weighted by Gasteiger charge is 2.25. The van der Waals surface area contributed by atoms with E-state index in [2.05, 4.69) is 15.9 Å². The number of benzene rings is 2. The van der Waals surface area contributed by atoms with Gasteiger partial charge in [0.15, 0.2) is 0 Å². The SMILES string of the molecule is CC(N)(Cc1ccc(Cl)cc1F)c1ccccc1Br. The Bertz CT molecular complexity index is 598. The van der Waals surface area contributed by atoms with Gasteiger partial charge in [-0.05, 0) is 42.7 Å². The van der Waals surface area contributed by atoms with Crippen LogP contribution in [-0.4, -0.2) is 0 Å². The van der Waals surface area contributed by atoms with Gasteiger partial charge in [-0.25, -0.2) is 4.39 Å². The molecule has 100 valence electrons. The van der Waals surface area contributed by atoms with Crippen molar-refractivity contribution in [1.82, 2.24) is 0 Å². The van der Waals surface area contributed by atoms with Crippen molar-refractivity contribution in [1.29, 1.82) is 0 Å². The van der Waals surface area contributed by atoms with Crippen LogP contribution >= 0.6 is 27.5 Å². The minimum absolute atomic E-state index is 0.323. The molecule has 1 unspecified atom stereocenters. The molecule has 0 heterocycles. The fourth-order valence-electron chi connectivity index (χ4n) is 2.08. The third-order valence-electron chi connectivity index (χ3n) is 3.06. The largest absolute Gasteiger partial charge is 0.321 e. The van der Waals surface area contributed by atoms with Crippen LogP contribution in [0.15, 0.2) is 46.9 Å². The van der Waals surface area contributed by atoms with E-state index in [0.29, 0.717) is 17.0 Å². The minimum Gasteiger partial charge on any atom is -0.321 e. The van der Waals surface area contributed by atoms with Crippen LogP contribution in [0.4, 0.5) is 4.39 Å². The van der Waals surface area contributed by atoms with Crippen molar-refractivity contribution in [3.05, 3.63) is 68.9 Å². The van der Waals surface area contributed by atoms with Gasteiger partial charge in [0.25, 0.3) is 0 Å². The van der Waals surface area contributed by atoms with E-state index in [1.807, 2.05) is 31.2 Å². The lowest BCUT2D eigenvalue weighted by atomic mass is 9.86. The Morgan fingerprint density at radius 3 is 2.58 bits per heavy atom. The van der Waals surface area contributed by atoms with Crippen LogP contribution in [0.25, 0.3) is 0 Å². The van der Waals surface area contributed by atoms with E-state index >= 15 is 0 Å². The van der Waals surface area contributed by atoms with Crippen LogP contribution in [0.2, 0.25) is 5.02 Å². The van der Waals surface area contributed by atoms with E-state index in [1.54, 1.807) is 12.1 Å². The van der Waals surface area contributed by atoms with Crippen molar-refractivity contribution in [2.24, 2.45) is 5.73 Å². The summed E-state index contributed by atoms with van der Waals surface area (Å²) in [6.45, 7) is 1.89. The molecular weight excluding hydrogens is 329 g/mol. The maximum Gasteiger partial charge on any atom is 0.127 e. The Hall–Kier alpha value is -0.900. The second-order valence-electron chi connectivity index (χ2n) is 4.81. The molecule has 2 rings (SSSR count). The maximum absolute atomic E-state index is 13.8. The zero-order valence-corrected chi connectivity index (χ0v) is 12.8. The Morgan fingerprint density at radius 1 is 1.26 bits per heavy atom. The summed E-state index contributed by atoms with van der Waals surface area (Å²) in [5, 5.41) is 0.390. The van der Waals surface area contributed by atoms with Crippen molar-refractivity contribution >= 4 is 27.5 Å². The summed E-state index contributed by atoms with van der Waals surface area (Å²) in [7, 11) is 0. The normalized spacial score (nSPS) is 14.2. The molecule has 0 radical (unpaired) electrons. The Morgan fingerprint density at radius 2 is 1.95 bits per heavy atom. The standard InChI is InChI=1S/C15H14BrClFN/c1-15(19,12-4-2-3-5-13(12)16)9-10-6-7-11(17)8-14(10)18/h2-8H,9,19H2,1H3. The molecule has 0 amide bonds. The molecule has 0 spiro atoms. The lowest BCUT2D eigenvalue weighted by molar-refractivity contribution is 0.473. The molecule has 2 aromatic rings. The highest BCUT2D eigenvalue weighted by molar-refractivity contribution is 9.10. The quantitative estimate of drug-likeness (QED) is 0.862. The number of hydrogen-bond donors (Lipinski definition) is 1. The smallest absolute Gasteiger partial charge is 0.127 e. The molecule has 0 aliphatic carbocycles. The van der Waals surface area contributed by atoms with Crippen molar-refractivity contribution in [2.75, 3.05) is 0 Å². The number of rotatable bonds is 3. The van der Waals surface area contributed by atoms with Crippen LogP contribution in [0, 0.1) is 5.82 Å². The average Bonchev–Trinajstić information content (AvgIpc) is 2.33. The molecule has 4 heteroatoms. The van der Waals surface area contributed by atoms with E-state index in [-0.39, 0.29) is 5.82 Å². The van der Waals surface area contributed by atoms with Gasteiger partial charge in [-0.3, -0.25) is 0 Å². The fraction of sp³-hybridized carbons (Fsp3) is 0.200. The van der Waals surface area contributed by atoms with Gasteiger partial charge in [-0.15, -0.1) is 0 Å². The molecule has 1 nitrogen and oxygen atoms in total. The average molecular weight is 343 g/mol. The molecule has 0 aliphatic rings. The molecule has 0 bridgehead atoms. The summed E-state index contributed by atoms with van der Waals surface area (Å²) in [6, 6.07) is 12.4. The summed E-state index contributed by atoms with van der Waals surface area (Å²) in [4.78, 5) is 0. The molecule has 1 atom stereocenters. The molecule has 0 saturated carbocycles. The fourth-order valence-corrected chi connectivity index (χ4v) is 2.98. The van der Waals surface area contributed by atoms with E-state index in [9.17, 15) is 4.39 Å². The van der Waals surface area contributed by atoms with Gasteiger partial charge < -0.3 is 5.73 Å². The summed E-state index contributed by atoms with van der Waals surface area (Å²) in [5.41, 5.74) is 7.20. The molecule has 2 N–H and O–H groups in total. The third kappa shape index (κ3) is 3.35. The third-order valence-corrected chi connectivity index (χ3v) is 3.99. The zero-order valence-electron chi connectivity index (χ0n) is 10.5. The van der Waals surface area contributed by atoms with Crippen molar-refractivity contribution in [3.63, 3.8) is 0 Å². The Balaban J connectivity index is 2.33. The van der Waals surface area contributed by atoms with Crippen LogP contribution < -0.4 is 5.73 Å². The van der Waals surface area contributed by atoms with Crippen molar-refractivity contribution < 1.29 is 4.39 Å². The second kappa shape index (κ2) is 5.61. The number of nitrogens with two attached hydrogens (primary N) is 1. The molecule has 19 heavy (non-hydrogen) atoms. The van der Waals surface area contributed by atoms with Gasteiger partial charge in [-0.1, -0.05) is 51.8 Å². The minimum atomic E-state index is -0.658. The van der Waals surface area contributed by atoms with Gasteiger partial charge in [-0.2, -0.15) is 0 Å². The maximum atomic E-state index is 13.8. The Labute approximate surface area is 125 Å². The van der Waals surface area contributed by atoms with Crippen molar-refractivity contribution in [2.45, 2.75) is 18.9 Å². The predicted octanol–water partition coefficient (Wildman–Crippen LogP) is 4.66. The highest BCUT2D eigenvalue weighted by Crippen LogP contribution is 2.30. The highest BCUT2D eigenvalue weighted by atomic mass is 79.9. The second-order valence-corrected chi connectivity index (χ2v) is 6.10. The molecule has 0 saturated heterocycles. The van der Waals surface area contributed by atoms with Crippen LogP contribution in [-0.2, 0) is 12.0 Å². The van der Waals surface area contributed by atoms with Crippen LogP contribution in [0.5, 0.6) is 0 Å². The van der Waals surface area contributed by atoms with Crippen molar-refractivity contribution in [3.8, 4) is 0 Å². The van der Waals surface area contributed by atoms with Gasteiger partial charge in [0, 0.05) is 15.0 Å². The van der Waals surface area contributed by atoms with E-state index in [1.165, 1.54) is 6.07 Å². The summed E-state index contributed by atoms with van der Waals surface area (Å²) in [6.07, 6.45) is 0.401. The molecule has 0 aromatic heterocycles. The molecular formula is C15H14BrClFN. The summed E-state index contributed by atoms with van der Waals surface area (Å²) >= 11 is 9.23. The first-order chi connectivity index (χ1) is 8.90. The first-order valence-electron chi connectivity index (χ1n) is 5.88. The Kier molecular flexibility index (Phi) is 4.29. The van der Waals surface area contributed by atoms with Gasteiger partial charge >= 0.3 is 0 Å². The van der Waals surface area contributed by atoms with E-state index < -0.39 is 5.54 Å². The topological polar surface area (TPSA) is 26.0 Å². The molecule has 0 aliphatic heterocycles. The van der Waals surface area contributed by atoms with Gasteiger partial charge in [0.05, 0.1) is 0 Å². The van der Waals surface area contributed by atoms with E-state index in [4.69, 9.17) is 17.3 Å². The first-order valence-corrected chi connectivity index (χ1v) is 7.05. The van der Waals surface area contributed by atoms with Crippen LogP contribution in [0.1, 0.15) is 18.1 Å². The summed E-state index contributed by atoms with van der Waals surface area (Å²) in [5.74, 6) is -0.323. The lowest BCUT2D eigenvalue weighted by Crippen LogP contribution is -2.36. The number of halogens is 3.